The van der Waals surface area contributed by atoms with Crippen LogP contribution in [0.5, 0.6) is 0 Å². The van der Waals surface area contributed by atoms with Crippen LogP contribution in [0.3, 0.4) is 0 Å². The van der Waals surface area contributed by atoms with Crippen LogP contribution in [-0.2, 0) is 4.79 Å². The van der Waals surface area contributed by atoms with E-state index in [0.29, 0.717) is 24.0 Å². The average Bonchev–Trinajstić information content (AvgIpc) is 2.86. The second-order valence-electron chi connectivity index (χ2n) is 6.03. The molecule has 2 aliphatic rings. The van der Waals surface area contributed by atoms with Crippen molar-refractivity contribution in [3.8, 4) is 0 Å². The number of nitrogens with zero attached hydrogens (tertiary/aromatic N) is 1. The Kier molecular flexibility index (Phi) is 4.66. The number of hydrogen-bond donors (Lipinski definition) is 1. The topological polar surface area (TPSA) is 32.3 Å². The molecule has 2 fully saturated rings. The Labute approximate surface area is 111 Å². The average molecular weight is 252 g/mol. The van der Waals surface area contributed by atoms with Gasteiger partial charge in [-0.05, 0) is 31.6 Å². The predicted octanol–water partition coefficient (Wildman–Crippen LogP) is 2.90. The minimum atomic E-state index is 0.0827. The van der Waals surface area contributed by atoms with Gasteiger partial charge in [0.2, 0.25) is 5.91 Å². The molecule has 0 spiro atoms. The van der Waals surface area contributed by atoms with Gasteiger partial charge < -0.3 is 4.90 Å². The van der Waals surface area contributed by atoms with Crippen molar-refractivity contribution in [2.24, 2.45) is 5.92 Å². The summed E-state index contributed by atoms with van der Waals surface area (Å²) in [7, 11) is 0. The van der Waals surface area contributed by atoms with Crippen LogP contribution in [0.1, 0.15) is 65.7 Å². The molecule has 1 saturated carbocycles. The SMILES string of the molecule is CCCC1NC(CCC)N(C2CCCC2C)C1=O. The third-order valence-electron chi connectivity index (χ3n) is 4.59. The molecule has 104 valence electrons. The van der Waals surface area contributed by atoms with Crippen molar-refractivity contribution in [1.29, 1.82) is 0 Å². The summed E-state index contributed by atoms with van der Waals surface area (Å²) < 4.78 is 0. The highest BCUT2D eigenvalue weighted by Crippen LogP contribution is 2.34. The number of nitrogens with one attached hydrogen (secondary N) is 1. The second kappa shape index (κ2) is 6.05. The van der Waals surface area contributed by atoms with Gasteiger partial charge in [0.25, 0.3) is 0 Å². The maximum absolute atomic E-state index is 12.6. The summed E-state index contributed by atoms with van der Waals surface area (Å²) >= 11 is 0. The fraction of sp³-hybridized carbons (Fsp3) is 0.933. The first-order valence-corrected chi connectivity index (χ1v) is 7.77. The van der Waals surface area contributed by atoms with E-state index in [-0.39, 0.29) is 6.04 Å². The van der Waals surface area contributed by atoms with E-state index in [1.165, 1.54) is 19.3 Å². The van der Waals surface area contributed by atoms with Gasteiger partial charge in [-0.15, -0.1) is 0 Å². The maximum Gasteiger partial charge on any atom is 0.241 e. The van der Waals surface area contributed by atoms with Crippen LogP contribution in [-0.4, -0.2) is 29.1 Å². The van der Waals surface area contributed by atoms with E-state index in [2.05, 4.69) is 31.0 Å². The van der Waals surface area contributed by atoms with E-state index in [1.54, 1.807) is 0 Å². The summed E-state index contributed by atoms with van der Waals surface area (Å²) in [6.45, 7) is 6.67. The summed E-state index contributed by atoms with van der Waals surface area (Å²) in [6.07, 6.45) is 8.36. The molecule has 3 heteroatoms. The van der Waals surface area contributed by atoms with E-state index in [9.17, 15) is 4.79 Å². The van der Waals surface area contributed by atoms with Crippen molar-refractivity contribution >= 4 is 5.91 Å². The van der Waals surface area contributed by atoms with Crippen molar-refractivity contribution in [3.05, 3.63) is 0 Å². The molecule has 18 heavy (non-hydrogen) atoms. The van der Waals surface area contributed by atoms with E-state index in [1.807, 2.05) is 0 Å². The third-order valence-corrected chi connectivity index (χ3v) is 4.59. The van der Waals surface area contributed by atoms with Gasteiger partial charge in [0.05, 0.1) is 12.2 Å². The number of carbonyl (C=O) groups is 1. The highest BCUT2D eigenvalue weighted by Gasteiger charge is 2.43. The number of hydrogen-bond acceptors (Lipinski definition) is 2. The smallest absolute Gasteiger partial charge is 0.241 e. The molecule has 0 radical (unpaired) electrons. The quantitative estimate of drug-likeness (QED) is 0.816. The first-order chi connectivity index (χ1) is 8.69. The summed E-state index contributed by atoms with van der Waals surface area (Å²) in [5.74, 6) is 1.05. The Hall–Kier alpha value is -0.570. The minimum absolute atomic E-state index is 0.0827. The van der Waals surface area contributed by atoms with Crippen LogP contribution in [0, 0.1) is 5.92 Å². The van der Waals surface area contributed by atoms with Gasteiger partial charge >= 0.3 is 0 Å². The lowest BCUT2D eigenvalue weighted by Gasteiger charge is -2.32. The Morgan fingerprint density at radius 2 is 1.94 bits per heavy atom. The number of rotatable bonds is 5. The molecule has 1 N–H and O–H groups in total. The summed E-state index contributed by atoms with van der Waals surface area (Å²) in [5.41, 5.74) is 0. The Bertz CT molecular complexity index is 292. The maximum atomic E-state index is 12.6. The van der Waals surface area contributed by atoms with Gasteiger partial charge in [-0.3, -0.25) is 10.1 Å². The van der Waals surface area contributed by atoms with Crippen molar-refractivity contribution in [2.75, 3.05) is 0 Å². The van der Waals surface area contributed by atoms with Crippen LogP contribution in [0.25, 0.3) is 0 Å². The van der Waals surface area contributed by atoms with Crippen molar-refractivity contribution in [3.63, 3.8) is 0 Å². The normalized spacial score (nSPS) is 36.6. The van der Waals surface area contributed by atoms with Crippen molar-refractivity contribution in [2.45, 2.75) is 84.0 Å². The molecule has 0 aromatic rings. The van der Waals surface area contributed by atoms with Gasteiger partial charge in [-0.25, -0.2) is 0 Å². The van der Waals surface area contributed by atoms with Crippen LogP contribution in [0.4, 0.5) is 0 Å². The molecule has 1 heterocycles. The molecular weight excluding hydrogens is 224 g/mol. The zero-order valence-corrected chi connectivity index (χ0v) is 12.1. The zero-order chi connectivity index (χ0) is 13.1. The van der Waals surface area contributed by atoms with Crippen LogP contribution in [0.15, 0.2) is 0 Å². The molecule has 2 rings (SSSR count). The molecule has 0 aromatic carbocycles. The summed E-state index contributed by atoms with van der Waals surface area (Å²) in [5, 5.41) is 3.57. The molecule has 1 amide bonds. The van der Waals surface area contributed by atoms with Crippen molar-refractivity contribution < 1.29 is 4.79 Å². The fourth-order valence-corrected chi connectivity index (χ4v) is 3.64. The Morgan fingerprint density at radius 3 is 2.50 bits per heavy atom. The van der Waals surface area contributed by atoms with Gasteiger partial charge in [-0.1, -0.05) is 40.0 Å². The van der Waals surface area contributed by atoms with Crippen LogP contribution >= 0.6 is 0 Å². The lowest BCUT2D eigenvalue weighted by atomic mass is 10.0. The standard InChI is InChI=1S/C15H28N2O/c1-4-7-12-15(18)17(14(16-12)8-5-2)13-10-6-9-11(13)3/h11-14,16H,4-10H2,1-3H3. The molecular formula is C15H28N2O. The Morgan fingerprint density at radius 1 is 1.22 bits per heavy atom. The fourth-order valence-electron chi connectivity index (χ4n) is 3.64. The van der Waals surface area contributed by atoms with Crippen LogP contribution in [0.2, 0.25) is 0 Å². The first kappa shape index (κ1) is 13.9. The minimum Gasteiger partial charge on any atom is -0.323 e. The molecule has 3 nitrogen and oxygen atoms in total. The molecule has 0 aromatic heterocycles. The Balaban J connectivity index is 2.10. The van der Waals surface area contributed by atoms with E-state index in [0.717, 1.165) is 25.7 Å². The van der Waals surface area contributed by atoms with Gasteiger partial charge in [0.15, 0.2) is 0 Å². The molecule has 1 saturated heterocycles. The molecule has 4 unspecified atom stereocenters. The van der Waals surface area contributed by atoms with Crippen molar-refractivity contribution in [1.82, 2.24) is 10.2 Å². The molecule has 0 bridgehead atoms. The highest BCUT2D eigenvalue weighted by atomic mass is 16.2. The van der Waals surface area contributed by atoms with E-state index in [4.69, 9.17) is 0 Å². The molecule has 1 aliphatic heterocycles. The van der Waals surface area contributed by atoms with Gasteiger partial charge in [0, 0.05) is 6.04 Å². The lowest BCUT2D eigenvalue weighted by Crippen LogP contribution is -2.45. The lowest BCUT2D eigenvalue weighted by molar-refractivity contribution is -0.133. The highest BCUT2D eigenvalue weighted by molar-refractivity contribution is 5.84. The molecule has 1 aliphatic carbocycles. The van der Waals surface area contributed by atoms with Gasteiger partial charge in [0.1, 0.15) is 0 Å². The van der Waals surface area contributed by atoms with Gasteiger partial charge in [-0.2, -0.15) is 0 Å². The monoisotopic (exact) mass is 252 g/mol. The molecule has 4 atom stereocenters. The largest absolute Gasteiger partial charge is 0.323 e. The third kappa shape index (κ3) is 2.56. The predicted molar refractivity (Wildman–Crippen MR) is 74.2 cm³/mol. The summed E-state index contributed by atoms with van der Waals surface area (Å²) in [6, 6.07) is 0.572. The van der Waals surface area contributed by atoms with E-state index < -0.39 is 0 Å². The van der Waals surface area contributed by atoms with Crippen LogP contribution < -0.4 is 5.32 Å². The number of carbonyl (C=O) groups excluding carboxylic acids is 1. The number of amides is 1. The van der Waals surface area contributed by atoms with E-state index >= 15 is 0 Å². The second-order valence-corrected chi connectivity index (χ2v) is 6.03. The first-order valence-electron chi connectivity index (χ1n) is 7.77. The summed E-state index contributed by atoms with van der Waals surface area (Å²) in [4.78, 5) is 14.8. The zero-order valence-electron chi connectivity index (χ0n) is 12.1.